The van der Waals surface area contributed by atoms with E-state index in [0.717, 1.165) is 6.07 Å². The predicted octanol–water partition coefficient (Wildman–Crippen LogP) is 3.26. The first kappa shape index (κ1) is 17.5. The van der Waals surface area contributed by atoms with E-state index >= 15 is 0 Å². The second-order valence-electron chi connectivity index (χ2n) is 4.80. The number of rotatable bonds is 4. The Balaban J connectivity index is 2.08. The van der Waals surface area contributed by atoms with Gasteiger partial charge in [0, 0.05) is 17.8 Å². The standard InChI is InChI=1S/C16H12F4N2O2/c17-12-6-3-5-10(8-12)14(23)21-9-11-4-1-2-7-13(11)22-15(24)16(18,19)20/h1-8H,9H2,(H,21,23)(H,22,24). The molecule has 2 rings (SSSR count). The Morgan fingerprint density at radius 3 is 2.38 bits per heavy atom. The topological polar surface area (TPSA) is 58.2 Å². The fourth-order valence-electron chi connectivity index (χ4n) is 1.90. The zero-order chi connectivity index (χ0) is 17.7. The van der Waals surface area contributed by atoms with Gasteiger partial charge in [0.15, 0.2) is 0 Å². The second kappa shape index (κ2) is 7.12. The molecule has 126 valence electrons. The van der Waals surface area contributed by atoms with Crippen molar-refractivity contribution in [1.82, 2.24) is 5.32 Å². The number of alkyl halides is 3. The fraction of sp³-hybridized carbons (Fsp3) is 0.125. The van der Waals surface area contributed by atoms with E-state index in [-0.39, 0.29) is 23.4 Å². The SMILES string of the molecule is O=C(NCc1ccccc1NC(=O)C(F)(F)F)c1cccc(F)c1. The lowest BCUT2D eigenvalue weighted by Crippen LogP contribution is -2.31. The van der Waals surface area contributed by atoms with Gasteiger partial charge in [0.1, 0.15) is 5.82 Å². The molecule has 2 N–H and O–H groups in total. The highest BCUT2D eigenvalue weighted by Crippen LogP contribution is 2.21. The summed E-state index contributed by atoms with van der Waals surface area (Å²) < 4.78 is 50.0. The van der Waals surface area contributed by atoms with E-state index in [4.69, 9.17) is 0 Å². The molecule has 0 spiro atoms. The van der Waals surface area contributed by atoms with Crippen molar-refractivity contribution in [3.05, 3.63) is 65.5 Å². The molecule has 0 aliphatic carbocycles. The molecule has 0 unspecified atom stereocenters. The maximum Gasteiger partial charge on any atom is 0.471 e. The van der Waals surface area contributed by atoms with Crippen LogP contribution in [0.15, 0.2) is 48.5 Å². The fourth-order valence-corrected chi connectivity index (χ4v) is 1.90. The number of hydrogen-bond acceptors (Lipinski definition) is 2. The van der Waals surface area contributed by atoms with E-state index in [1.807, 2.05) is 0 Å². The van der Waals surface area contributed by atoms with Crippen LogP contribution in [0.5, 0.6) is 0 Å². The van der Waals surface area contributed by atoms with Crippen LogP contribution < -0.4 is 10.6 Å². The molecule has 2 aromatic carbocycles. The summed E-state index contributed by atoms with van der Waals surface area (Å²) in [6.07, 6.45) is -5.02. The first-order valence-corrected chi connectivity index (χ1v) is 6.77. The van der Waals surface area contributed by atoms with Gasteiger partial charge in [0.05, 0.1) is 0 Å². The van der Waals surface area contributed by atoms with Gasteiger partial charge < -0.3 is 10.6 Å². The van der Waals surface area contributed by atoms with Crippen LogP contribution in [-0.2, 0) is 11.3 Å². The van der Waals surface area contributed by atoms with Crippen LogP contribution in [-0.4, -0.2) is 18.0 Å². The molecule has 0 radical (unpaired) electrons. The number of nitrogens with one attached hydrogen (secondary N) is 2. The van der Waals surface area contributed by atoms with Crippen molar-refractivity contribution in [2.24, 2.45) is 0 Å². The van der Waals surface area contributed by atoms with Crippen LogP contribution in [0.25, 0.3) is 0 Å². The van der Waals surface area contributed by atoms with Crippen molar-refractivity contribution < 1.29 is 27.2 Å². The number of carbonyl (C=O) groups is 2. The Kier molecular flexibility index (Phi) is 5.18. The molecule has 0 bridgehead atoms. The lowest BCUT2D eigenvalue weighted by Gasteiger charge is -2.13. The minimum atomic E-state index is -5.02. The van der Waals surface area contributed by atoms with Crippen LogP contribution in [0.1, 0.15) is 15.9 Å². The zero-order valence-electron chi connectivity index (χ0n) is 12.2. The van der Waals surface area contributed by atoms with Crippen molar-refractivity contribution in [3.63, 3.8) is 0 Å². The number of benzene rings is 2. The summed E-state index contributed by atoms with van der Waals surface area (Å²) in [6.45, 7) is -0.135. The Morgan fingerprint density at radius 2 is 1.71 bits per heavy atom. The minimum Gasteiger partial charge on any atom is -0.348 e. The molecule has 0 saturated heterocycles. The van der Waals surface area contributed by atoms with Crippen LogP contribution in [0.4, 0.5) is 23.2 Å². The molecule has 2 amide bonds. The largest absolute Gasteiger partial charge is 0.471 e. The molecular formula is C16H12F4N2O2. The molecule has 0 atom stereocenters. The van der Waals surface area contributed by atoms with Gasteiger partial charge in [0.2, 0.25) is 0 Å². The van der Waals surface area contributed by atoms with Gasteiger partial charge in [-0.25, -0.2) is 4.39 Å². The van der Waals surface area contributed by atoms with Crippen molar-refractivity contribution >= 4 is 17.5 Å². The summed E-state index contributed by atoms with van der Waals surface area (Å²) in [5.74, 6) is -3.28. The number of para-hydroxylation sites is 1. The van der Waals surface area contributed by atoms with Crippen LogP contribution in [0.3, 0.4) is 0 Å². The van der Waals surface area contributed by atoms with Crippen LogP contribution in [0.2, 0.25) is 0 Å². The Morgan fingerprint density at radius 1 is 1.00 bits per heavy atom. The molecule has 0 aliphatic heterocycles. The number of anilines is 1. The average Bonchev–Trinajstić information content (AvgIpc) is 2.52. The number of amides is 2. The summed E-state index contributed by atoms with van der Waals surface area (Å²) in [5.41, 5.74) is 0.283. The van der Waals surface area contributed by atoms with E-state index < -0.39 is 23.8 Å². The van der Waals surface area contributed by atoms with Gasteiger partial charge >= 0.3 is 12.1 Å². The smallest absolute Gasteiger partial charge is 0.348 e. The third-order valence-corrected chi connectivity index (χ3v) is 3.05. The van der Waals surface area contributed by atoms with Crippen molar-refractivity contribution in [2.75, 3.05) is 5.32 Å². The molecule has 24 heavy (non-hydrogen) atoms. The molecule has 4 nitrogen and oxygen atoms in total. The van der Waals surface area contributed by atoms with E-state index in [2.05, 4.69) is 5.32 Å². The molecule has 0 saturated carbocycles. The maximum absolute atomic E-state index is 13.1. The highest BCUT2D eigenvalue weighted by molar-refractivity contribution is 5.96. The number of halogens is 4. The van der Waals surface area contributed by atoms with Crippen molar-refractivity contribution in [1.29, 1.82) is 0 Å². The second-order valence-corrected chi connectivity index (χ2v) is 4.80. The van der Waals surface area contributed by atoms with Gasteiger partial charge in [-0.15, -0.1) is 0 Å². The molecule has 0 fully saturated rings. The van der Waals surface area contributed by atoms with Gasteiger partial charge in [-0.2, -0.15) is 13.2 Å². The Labute approximate surface area is 134 Å². The lowest BCUT2D eigenvalue weighted by molar-refractivity contribution is -0.167. The highest BCUT2D eigenvalue weighted by Gasteiger charge is 2.38. The van der Waals surface area contributed by atoms with Crippen molar-refractivity contribution in [3.8, 4) is 0 Å². The quantitative estimate of drug-likeness (QED) is 0.840. The highest BCUT2D eigenvalue weighted by atomic mass is 19.4. The normalized spacial score (nSPS) is 11.0. The molecular weight excluding hydrogens is 328 g/mol. The van der Waals surface area contributed by atoms with E-state index in [0.29, 0.717) is 0 Å². The first-order chi connectivity index (χ1) is 11.3. The molecule has 0 heterocycles. The lowest BCUT2D eigenvalue weighted by atomic mass is 10.1. The molecule has 0 aliphatic rings. The average molecular weight is 340 g/mol. The summed E-state index contributed by atoms with van der Waals surface area (Å²) >= 11 is 0. The Bertz CT molecular complexity index is 760. The number of hydrogen-bond donors (Lipinski definition) is 2. The van der Waals surface area contributed by atoms with Gasteiger partial charge in [-0.1, -0.05) is 24.3 Å². The third-order valence-electron chi connectivity index (χ3n) is 3.05. The molecule has 8 heteroatoms. The maximum atomic E-state index is 13.1. The molecule has 2 aromatic rings. The monoisotopic (exact) mass is 340 g/mol. The summed E-state index contributed by atoms with van der Waals surface area (Å²) in [4.78, 5) is 22.9. The minimum absolute atomic E-state index is 0.0700. The van der Waals surface area contributed by atoms with Gasteiger partial charge in [-0.05, 0) is 29.8 Å². The van der Waals surface area contributed by atoms with Gasteiger partial charge in [-0.3, -0.25) is 9.59 Å². The van der Waals surface area contributed by atoms with Crippen molar-refractivity contribution in [2.45, 2.75) is 12.7 Å². The third kappa shape index (κ3) is 4.55. The summed E-state index contributed by atoms with van der Waals surface area (Å²) in [7, 11) is 0. The summed E-state index contributed by atoms with van der Waals surface area (Å²) in [5, 5.41) is 4.20. The Hall–Kier alpha value is -2.90. The van der Waals surface area contributed by atoms with Crippen LogP contribution in [0, 0.1) is 5.82 Å². The zero-order valence-corrected chi connectivity index (χ0v) is 12.2. The van der Waals surface area contributed by atoms with Gasteiger partial charge in [0.25, 0.3) is 5.91 Å². The van der Waals surface area contributed by atoms with E-state index in [1.54, 1.807) is 11.4 Å². The summed E-state index contributed by atoms with van der Waals surface area (Å²) in [6, 6.07) is 10.7. The predicted molar refractivity (Wildman–Crippen MR) is 78.7 cm³/mol. The first-order valence-electron chi connectivity index (χ1n) is 6.77. The van der Waals surface area contributed by atoms with E-state index in [1.165, 1.54) is 36.4 Å². The number of carbonyl (C=O) groups excluding carboxylic acids is 2. The van der Waals surface area contributed by atoms with Crippen LogP contribution >= 0.6 is 0 Å². The van der Waals surface area contributed by atoms with E-state index in [9.17, 15) is 27.2 Å². The molecule has 0 aromatic heterocycles.